The molecule has 0 fully saturated rings. The third-order valence-corrected chi connectivity index (χ3v) is 7.26. The average molecular weight is 552 g/mol. The average Bonchev–Trinajstić information content (AvgIpc) is 3.18. The Balaban J connectivity index is 1.94. The second-order valence-electron chi connectivity index (χ2n) is 9.34. The molecular weight excluding hydrogens is 523 g/mol. The molecule has 0 saturated carbocycles. The zero-order valence-corrected chi connectivity index (χ0v) is 22.4. The van der Waals surface area contributed by atoms with Crippen LogP contribution in [0.2, 0.25) is 0 Å². The number of sulfone groups is 1. The van der Waals surface area contributed by atoms with Crippen LogP contribution in [0.15, 0.2) is 42.2 Å². The Labute approximate surface area is 218 Å². The molecule has 3 heterocycles. The first-order valence-corrected chi connectivity index (χ1v) is 13.2. The molecule has 9 nitrogen and oxygen atoms in total. The third kappa shape index (κ3) is 6.04. The predicted molar refractivity (Wildman–Crippen MR) is 134 cm³/mol. The van der Waals surface area contributed by atoms with Crippen molar-refractivity contribution < 1.29 is 31.1 Å². The number of ether oxygens (including phenoxy) is 1. The Morgan fingerprint density at radius 2 is 1.87 bits per heavy atom. The zero-order valence-electron chi connectivity index (χ0n) is 21.5. The van der Waals surface area contributed by atoms with Crippen LogP contribution in [-0.2, 0) is 28.1 Å². The highest BCUT2D eigenvalue weighted by atomic mass is 32.2. The van der Waals surface area contributed by atoms with E-state index in [0.29, 0.717) is 5.69 Å². The topological polar surface area (TPSA) is 116 Å². The number of hydrogen-bond acceptors (Lipinski definition) is 7. The van der Waals surface area contributed by atoms with Gasteiger partial charge >= 0.3 is 6.18 Å². The molecule has 1 N–H and O–H groups in total. The van der Waals surface area contributed by atoms with Gasteiger partial charge in [0.15, 0.2) is 21.3 Å². The summed E-state index contributed by atoms with van der Waals surface area (Å²) < 4.78 is 72.6. The number of carbonyl (C=O) groups is 1. The summed E-state index contributed by atoms with van der Waals surface area (Å²) in [5, 5.41) is 6.99. The molecule has 0 aliphatic carbocycles. The number of pyridine rings is 2. The summed E-state index contributed by atoms with van der Waals surface area (Å²) >= 11 is 0. The van der Waals surface area contributed by atoms with Crippen LogP contribution in [0.25, 0.3) is 6.08 Å². The highest BCUT2D eigenvalue weighted by Crippen LogP contribution is 2.41. The molecule has 1 amide bonds. The summed E-state index contributed by atoms with van der Waals surface area (Å²) in [6, 6.07) is 2.89. The minimum Gasteiger partial charge on any atom is -0.437 e. The lowest BCUT2D eigenvalue weighted by atomic mass is 10.1. The molecule has 0 bridgehead atoms. The Morgan fingerprint density at radius 3 is 2.39 bits per heavy atom. The maximum absolute atomic E-state index is 13.9. The number of nitrogens with one attached hydrogen (secondary N) is 1. The minimum atomic E-state index is -4.75. The molecule has 3 aromatic heterocycles. The molecule has 13 heteroatoms. The number of aromatic nitrogens is 4. The molecule has 0 saturated heterocycles. The van der Waals surface area contributed by atoms with Crippen LogP contribution in [0.4, 0.5) is 13.2 Å². The van der Waals surface area contributed by atoms with Crippen LogP contribution in [0.1, 0.15) is 60.6 Å². The van der Waals surface area contributed by atoms with Gasteiger partial charge in [-0.3, -0.25) is 14.8 Å². The Hall–Kier alpha value is -3.74. The number of halogens is 3. The number of carbonyl (C=O) groups excluding carboxylic acids is 1. The first kappa shape index (κ1) is 28.8. The smallest absolute Gasteiger partial charge is 0.420 e. The van der Waals surface area contributed by atoms with Crippen molar-refractivity contribution in [3.05, 3.63) is 65.4 Å². The van der Waals surface area contributed by atoms with Crippen molar-refractivity contribution in [3.8, 4) is 11.6 Å². The fourth-order valence-electron chi connectivity index (χ4n) is 3.49. The van der Waals surface area contributed by atoms with Gasteiger partial charge in [0.1, 0.15) is 5.56 Å². The van der Waals surface area contributed by atoms with Crippen LogP contribution in [0.5, 0.6) is 11.6 Å². The van der Waals surface area contributed by atoms with E-state index in [4.69, 9.17) is 4.74 Å². The minimum absolute atomic E-state index is 0.0349. The Morgan fingerprint density at radius 1 is 1.18 bits per heavy atom. The van der Waals surface area contributed by atoms with Gasteiger partial charge in [-0.25, -0.2) is 13.1 Å². The van der Waals surface area contributed by atoms with Gasteiger partial charge in [-0.2, -0.15) is 18.3 Å². The van der Waals surface area contributed by atoms with Crippen molar-refractivity contribution in [3.63, 3.8) is 0 Å². The molecule has 0 radical (unpaired) electrons. The number of rotatable bonds is 8. The second kappa shape index (κ2) is 10.6. The van der Waals surface area contributed by atoms with Gasteiger partial charge in [0.05, 0.1) is 34.6 Å². The zero-order chi connectivity index (χ0) is 28.5. The SMILES string of the molecule is C=Cc1cncc(Oc2c(C)c(C(=O)NCc3ccc(S(=O)(=O)CC)cn3)nn2C(C)(C)C)c1C(F)(F)F. The van der Waals surface area contributed by atoms with E-state index in [1.54, 1.807) is 20.8 Å². The van der Waals surface area contributed by atoms with Crippen LogP contribution in [0, 0.1) is 6.92 Å². The normalized spacial score (nSPS) is 12.3. The second-order valence-corrected chi connectivity index (χ2v) is 11.6. The van der Waals surface area contributed by atoms with Crippen molar-refractivity contribution in [2.75, 3.05) is 5.75 Å². The lowest BCUT2D eigenvalue weighted by Crippen LogP contribution is -2.27. The van der Waals surface area contributed by atoms with E-state index >= 15 is 0 Å². The van der Waals surface area contributed by atoms with Crippen molar-refractivity contribution in [2.45, 2.75) is 57.8 Å². The van der Waals surface area contributed by atoms with Crippen molar-refractivity contribution >= 4 is 21.8 Å². The third-order valence-electron chi connectivity index (χ3n) is 5.54. The van der Waals surface area contributed by atoms with Gasteiger partial charge in [-0.05, 0) is 39.8 Å². The molecular formula is C25H28F3N5O4S. The molecule has 3 rings (SSSR count). The van der Waals surface area contributed by atoms with E-state index in [0.717, 1.165) is 18.5 Å². The molecule has 0 spiro atoms. The summed E-state index contributed by atoms with van der Waals surface area (Å²) in [6.45, 7) is 11.7. The van der Waals surface area contributed by atoms with E-state index in [9.17, 15) is 26.4 Å². The van der Waals surface area contributed by atoms with E-state index < -0.39 is 38.8 Å². The molecule has 0 aliphatic heterocycles. The summed E-state index contributed by atoms with van der Waals surface area (Å²) in [4.78, 5) is 21.0. The van der Waals surface area contributed by atoms with E-state index in [-0.39, 0.29) is 39.9 Å². The van der Waals surface area contributed by atoms with Crippen LogP contribution in [-0.4, -0.2) is 39.8 Å². The van der Waals surface area contributed by atoms with Crippen molar-refractivity contribution in [1.29, 1.82) is 0 Å². The molecule has 3 aromatic rings. The van der Waals surface area contributed by atoms with Crippen molar-refractivity contribution in [1.82, 2.24) is 25.1 Å². The molecule has 0 unspecified atom stereocenters. The monoisotopic (exact) mass is 551 g/mol. The molecule has 0 aliphatic rings. The maximum Gasteiger partial charge on any atom is 0.420 e. The fourth-order valence-corrected chi connectivity index (χ4v) is 4.31. The number of nitrogens with zero attached hydrogens (tertiary/aromatic N) is 4. The maximum atomic E-state index is 13.9. The van der Waals surface area contributed by atoms with Crippen LogP contribution in [0.3, 0.4) is 0 Å². The Bertz CT molecular complexity index is 1460. The first-order chi connectivity index (χ1) is 17.6. The largest absolute Gasteiger partial charge is 0.437 e. The van der Waals surface area contributed by atoms with Gasteiger partial charge in [-0.15, -0.1) is 0 Å². The molecule has 204 valence electrons. The van der Waals surface area contributed by atoms with Crippen molar-refractivity contribution in [2.24, 2.45) is 0 Å². The van der Waals surface area contributed by atoms with E-state index in [2.05, 4.69) is 27.0 Å². The summed E-state index contributed by atoms with van der Waals surface area (Å²) in [5.41, 5.74) is -1.50. The standard InChI is InChI=1S/C25H28F3N5O4S/c1-7-16-11-29-14-19(20(16)25(26,27)28)37-23-15(3)21(32-33(23)24(4,5)6)22(34)31-12-17-9-10-18(13-30-17)38(35,36)8-2/h7,9-11,13-14H,1,8,12H2,2-6H3,(H,31,34). The number of hydrogen-bond donors (Lipinski definition) is 1. The van der Waals surface area contributed by atoms with Gasteiger partial charge in [0.25, 0.3) is 5.91 Å². The lowest BCUT2D eigenvalue weighted by molar-refractivity contribution is -0.138. The summed E-state index contributed by atoms with van der Waals surface area (Å²) in [5.74, 6) is -1.29. The fraction of sp³-hybridized carbons (Fsp3) is 0.360. The van der Waals surface area contributed by atoms with E-state index in [1.165, 1.54) is 36.9 Å². The quantitative estimate of drug-likeness (QED) is 0.423. The highest BCUT2D eigenvalue weighted by Gasteiger charge is 2.38. The van der Waals surface area contributed by atoms with Crippen LogP contribution < -0.4 is 10.1 Å². The summed E-state index contributed by atoms with van der Waals surface area (Å²) in [6.07, 6.45) is -0.512. The molecule has 38 heavy (non-hydrogen) atoms. The Kier molecular flexibility index (Phi) is 8.01. The number of amides is 1. The van der Waals surface area contributed by atoms with Gasteiger partial charge in [0.2, 0.25) is 5.88 Å². The van der Waals surface area contributed by atoms with Gasteiger partial charge in [0, 0.05) is 23.5 Å². The molecule has 0 atom stereocenters. The summed E-state index contributed by atoms with van der Waals surface area (Å²) in [7, 11) is -3.41. The highest BCUT2D eigenvalue weighted by molar-refractivity contribution is 7.91. The molecule has 0 aromatic carbocycles. The number of alkyl halides is 3. The van der Waals surface area contributed by atoms with Crippen LogP contribution >= 0.6 is 0 Å². The van der Waals surface area contributed by atoms with Gasteiger partial charge < -0.3 is 10.1 Å². The van der Waals surface area contributed by atoms with Gasteiger partial charge in [-0.1, -0.05) is 19.6 Å². The first-order valence-electron chi connectivity index (χ1n) is 11.5. The lowest BCUT2D eigenvalue weighted by Gasteiger charge is -2.23. The van der Waals surface area contributed by atoms with E-state index in [1.807, 2.05) is 0 Å². The predicted octanol–water partition coefficient (Wildman–Crippen LogP) is 4.91.